The summed E-state index contributed by atoms with van der Waals surface area (Å²) < 4.78 is 5.01. The molecule has 0 atom stereocenters. The molecule has 0 N–H and O–H groups in total. The predicted molar refractivity (Wildman–Crippen MR) is 77.7 cm³/mol. The number of rotatable bonds is 4. The van der Waals surface area contributed by atoms with E-state index in [4.69, 9.17) is 4.74 Å². The zero-order valence-electron chi connectivity index (χ0n) is 12.3. The number of aromatic nitrogens is 4. The monoisotopic (exact) mass is 288 g/mol. The Balaban J connectivity index is 2.21. The highest BCUT2D eigenvalue weighted by molar-refractivity contribution is 6.03. The van der Waals surface area contributed by atoms with Crippen LogP contribution in [0.3, 0.4) is 0 Å². The van der Waals surface area contributed by atoms with E-state index in [-0.39, 0.29) is 17.5 Å². The number of hydrogen-bond donors (Lipinski definition) is 0. The molecule has 0 spiro atoms. The van der Waals surface area contributed by atoms with Crippen LogP contribution in [0.2, 0.25) is 0 Å². The van der Waals surface area contributed by atoms with Gasteiger partial charge in [0.2, 0.25) is 11.8 Å². The van der Waals surface area contributed by atoms with Gasteiger partial charge < -0.3 is 9.64 Å². The lowest BCUT2D eigenvalue weighted by Crippen LogP contribution is -2.29. The molecule has 2 heterocycles. The molecule has 8 nitrogen and oxygen atoms in total. The van der Waals surface area contributed by atoms with Crippen molar-refractivity contribution in [1.82, 2.24) is 19.9 Å². The predicted octanol–water partition coefficient (Wildman–Crippen LogP) is 0.618. The van der Waals surface area contributed by atoms with Gasteiger partial charge in [-0.25, -0.2) is 15.0 Å². The molecule has 0 aliphatic rings. The van der Waals surface area contributed by atoms with Crippen molar-refractivity contribution in [3.05, 3.63) is 30.4 Å². The van der Waals surface area contributed by atoms with Gasteiger partial charge in [0.05, 0.1) is 19.5 Å². The topological polar surface area (TPSA) is 84.3 Å². The molecule has 8 heteroatoms. The maximum absolute atomic E-state index is 12.3. The second kappa shape index (κ2) is 6.12. The number of carbonyl (C=O) groups excluding carboxylic acids is 1. The second-order valence-corrected chi connectivity index (χ2v) is 4.42. The molecule has 0 aliphatic carbocycles. The molecule has 2 aromatic rings. The van der Waals surface area contributed by atoms with Crippen LogP contribution in [0, 0.1) is 0 Å². The molecule has 0 aromatic carbocycles. The molecule has 21 heavy (non-hydrogen) atoms. The van der Waals surface area contributed by atoms with Crippen molar-refractivity contribution in [2.75, 3.05) is 38.1 Å². The Morgan fingerprint density at radius 2 is 1.90 bits per heavy atom. The quantitative estimate of drug-likeness (QED) is 0.815. The van der Waals surface area contributed by atoms with E-state index in [1.807, 2.05) is 14.1 Å². The van der Waals surface area contributed by atoms with Crippen molar-refractivity contribution in [3.63, 3.8) is 0 Å². The zero-order valence-corrected chi connectivity index (χ0v) is 12.3. The number of methoxy groups -OCH3 is 1. The molecule has 1 amide bonds. The van der Waals surface area contributed by atoms with Gasteiger partial charge in [-0.15, -0.1) is 0 Å². The van der Waals surface area contributed by atoms with Crippen LogP contribution in [0.4, 0.5) is 11.8 Å². The molecule has 0 saturated heterocycles. The average molecular weight is 288 g/mol. The third-order valence-electron chi connectivity index (χ3n) is 2.75. The molecule has 0 aliphatic heterocycles. The van der Waals surface area contributed by atoms with Gasteiger partial charge in [0, 0.05) is 33.4 Å². The summed E-state index contributed by atoms with van der Waals surface area (Å²) in [5.74, 6) is 0.944. The number of carbonyl (C=O) groups is 1. The van der Waals surface area contributed by atoms with E-state index in [1.54, 1.807) is 18.0 Å². The first-order valence-corrected chi connectivity index (χ1v) is 6.17. The van der Waals surface area contributed by atoms with Crippen molar-refractivity contribution < 1.29 is 9.53 Å². The molecule has 0 fully saturated rings. The lowest BCUT2D eigenvalue weighted by atomic mass is 10.4. The van der Waals surface area contributed by atoms with Crippen LogP contribution in [0.15, 0.2) is 24.7 Å². The number of anilines is 2. The Kier molecular flexibility index (Phi) is 4.27. The smallest absolute Gasteiger partial charge is 0.280 e. The summed E-state index contributed by atoms with van der Waals surface area (Å²) in [6.45, 7) is 0. The molecular formula is C13H16N6O2. The summed E-state index contributed by atoms with van der Waals surface area (Å²) in [7, 11) is 6.77. The number of nitrogens with zero attached hydrogens (tertiary/aromatic N) is 6. The fraction of sp³-hybridized carbons (Fsp3) is 0.308. The lowest BCUT2D eigenvalue weighted by Gasteiger charge is -2.15. The standard InChI is InChI=1S/C13H16N6O2/c1-18(2)10-8-15-9(7-16-10)12(20)19(3)13-14-6-5-11(17-13)21-4/h5-8H,1-4H3. The molecule has 0 bridgehead atoms. The average Bonchev–Trinajstić information content (AvgIpc) is 2.53. The van der Waals surface area contributed by atoms with Gasteiger partial charge in [0.1, 0.15) is 11.5 Å². The van der Waals surface area contributed by atoms with Crippen LogP contribution < -0.4 is 14.5 Å². The van der Waals surface area contributed by atoms with Crippen molar-refractivity contribution in [3.8, 4) is 5.88 Å². The van der Waals surface area contributed by atoms with Gasteiger partial charge in [-0.05, 0) is 0 Å². The van der Waals surface area contributed by atoms with Crippen LogP contribution >= 0.6 is 0 Å². The summed E-state index contributed by atoms with van der Waals surface area (Å²) in [6.07, 6.45) is 4.48. The SMILES string of the molecule is COc1ccnc(N(C)C(=O)c2cnc(N(C)C)cn2)n1. The fourth-order valence-electron chi connectivity index (χ4n) is 1.53. The molecule has 2 aromatic heterocycles. The third kappa shape index (κ3) is 3.22. The molecule has 0 saturated carbocycles. The van der Waals surface area contributed by atoms with Crippen molar-refractivity contribution in [1.29, 1.82) is 0 Å². The summed E-state index contributed by atoms with van der Waals surface area (Å²) >= 11 is 0. The number of ether oxygens (including phenoxy) is 1. The first-order valence-electron chi connectivity index (χ1n) is 6.17. The van der Waals surface area contributed by atoms with Gasteiger partial charge in [-0.2, -0.15) is 4.98 Å². The Bertz CT molecular complexity index is 629. The van der Waals surface area contributed by atoms with Crippen molar-refractivity contribution in [2.45, 2.75) is 0 Å². The van der Waals surface area contributed by atoms with E-state index in [0.29, 0.717) is 11.7 Å². The molecule has 2 rings (SSSR count). The lowest BCUT2D eigenvalue weighted by molar-refractivity contribution is 0.0986. The molecule has 110 valence electrons. The Morgan fingerprint density at radius 3 is 2.48 bits per heavy atom. The highest BCUT2D eigenvalue weighted by atomic mass is 16.5. The second-order valence-electron chi connectivity index (χ2n) is 4.42. The highest BCUT2D eigenvalue weighted by Gasteiger charge is 2.18. The van der Waals surface area contributed by atoms with Gasteiger partial charge in [-0.1, -0.05) is 0 Å². The summed E-state index contributed by atoms with van der Waals surface area (Å²) in [4.78, 5) is 31.8. The van der Waals surface area contributed by atoms with E-state index < -0.39 is 0 Å². The van der Waals surface area contributed by atoms with Crippen LogP contribution in [-0.2, 0) is 0 Å². The summed E-state index contributed by atoms with van der Waals surface area (Å²) in [5.41, 5.74) is 0.217. The van der Waals surface area contributed by atoms with E-state index in [2.05, 4.69) is 19.9 Å². The molecule has 0 unspecified atom stereocenters. The van der Waals surface area contributed by atoms with Gasteiger partial charge >= 0.3 is 0 Å². The molecular weight excluding hydrogens is 272 g/mol. The van der Waals surface area contributed by atoms with Gasteiger partial charge in [0.25, 0.3) is 5.91 Å². The first kappa shape index (κ1) is 14.6. The zero-order chi connectivity index (χ0) is 15.4. The van der Waals surface area contributed by atoms with Crippen molar-refractivity contribution in [2.24, 2.45) is 0 Å². The highest BCUT2D eigenvalue weighted by Crippen LogP contribution is 2.13. The minimum Gasteiger partial charge on any atom is -0.481 e. The Hall–Kier alpha value is -2.77. The normalized spacial score (nSPS) is 10.1. The van der Waals surface area contributed by atoms with E-state index >= 15 is 0 Å². The summed E-state index contributed by atoms with van der Waals surface area (Å²) in [6, 6.07) is 1.60. The van der Waals surface area contributed by atoms with Crippen LogP contribution in [0.1, 0.15) is 10.5 Å². The van der Waals surface area contributed by atoms with Gasteiger partial charge in [0.15, 0.2) is 0 Å². The Labute approximate surface area is 122 Å². The minimum absolute atomic E-state index is 0.217. The molecule has 0 radical (unpaired) electrons. The largest absolute Gasteiger partial charge is 0.481 e. The van der Waals surface area contributed by atoms with Crippen LogP contribution in [-0.4, -0.2) is 54.1 Å². The van der Waals surface area contributed by atoms with Gasteiger partial charge in [-0.3, -0.25) is 9.69 Å². The van der Waals surface area contributed by atoms with E-state index in [1.165, 1.54) is 30.6 Å². The number of hydrogen-bond acceptors (Lipinski definition) is 7. The minimum atomic E-state index is -0.346. The number of amides is 1. The maximum atomic E-state index is 12.3. The third-order valence-corrected chi connectivity index (χ3v) is 2.75. The first-order chi connectivity index (χ1) is 10.0. The van der Waals surface area contributed by atoms with E-state index in [0.717, 1.165) is 0 Å². The Morgan fingerprint density at radius 1 is 1.14 bits per heavy atom. The maximum Gasteiger partial charge on any atom is 0.280 e. The van der Waals surface area contributed by atoms with Crippen LogP contribution in [0.5, 0.6) is 5.88 Å². The van der Waals surface area contributed by atoms with Crippen LogP contribution in [0.25, 0.3) is 0 Å². The van der Waals surface area contributed by atoms with Crippen molar-refractivity contribution >= 4 is 17.7 Å². The summed E-state index contributed by atoms with van der Waals surface area (Å²) in [5, 5.41) is 0. The van der Waals surface area contributed by atoms with E-state index in [9.17, 15) is 4.79 Å². The fourth-order valence-corrected chi connectivity index (χ4v) is 1.53.